The maximum absolute atomic E-state index is 12.9. The molecular weight excluding hydrogens is 386 g/mol. The zero-order chi connectivity index (χ0) is 20.5. The maximum Gasteiger partial charge on any atom is 0.254 e. The van der Waals surface area contributed by atoms with E-state index in [1.807, 2.05) is 0 Å². The van der Waals surface area contributed by atoms with Gasteiger partial charge in [0.15, 0.2) is 5.76 Å². The van der Waals surface area contributed by atoms with E-state index in [-0.39, 0.29) is 42.7 Å². The predicted molar refractivity (Wildman–Crippen MR) is 100 cm³/mol. The number of methoxy groups -OCH3 is 2. The molecule has 2 heterocycles. The molecule has 0 aliphatic carbocycles. The van der Waals surface area contributed by atoms with Gasteiger partial charge in [0.05, 0.1) is 14.2 Å². The Balaban J connectivity index is 1.74. The van der Waals surface area contributed by atoms with Crippen LogP contribution >= 0.6 is 0 Å². The van der Waals surface area contributed by atoms with Gasteiger partial charge < -0.3 is 18.9 Å². The minimum atomic E-state index is -3.72. The van der Waals surface area contributed by atoms with Gasteiger partial charge in [-0.05, 0) is 26.0 Å². The summed E-state index contributed by atoms with van der Waals surface area (Å²) in [6.07, 6.45) is 0. The van der Waals surface area contributed by atoms with Crippen LogP contribution in [0.25, 0.3) is 0 Å². The van der Waals surface area contributed by atoms with Gasteiger partial charge in [0.1, 0.15) is 22.1 Å². The molecule has 152 valence electrons. The summed E-state index contributed by atoms with van der Waals surface area (Å²) >= 11 is 0. The van der Waals surface area contributed by atoms with Crippen LogP contribution in [0.5, 0.6) is 11.5 Å². The van der Waals surface area contributed by atoms with Crippen molar-refractivity contribution in [2.75, 3.05) is 40.4 Å². The molecule has 0 atom stereocenters. The number of hydrogen-bond donors (Lipinski definition) is 0. The zero-order valence-electron chi connectivity index (χ0n) is 16.3. The Hall–Kier alpha value is -2.59. The van der Waals surface area contributed by atoms with E-state index in [0.29, 0.717) is 22.8 Å². The van der Waals surface area contributed by atoms with Crippen LogP contribution < -0.4 is 9.47 Å². The number of hydrogen-bond acceptors (Lipinski definition) is 7. The van der Waals surface area contributed by atoms with Crippen molar-refractivity contribution in [3.05, 3.63) is 35.2 Å². The number of aryl methyl sites for hydroxylation is 2. The molecule has 0 N–H and O–H groups in total. The molecule has 0 bridgehead atoms. The van der Waals surface area contributed by atoms with Crippen molar-refractivity contribution in [3.63, 3.8) is 0 Å². The third-order valence-corrected chi connectivity index (χ3v) is 6.83. The number of carbonyl (C=O) groups excluding carboxylic acids is 1. The molecule has 0 radical (unpaired) electrons. The first-order chi connectivity index (χ1) is 13.3. The third kappa shape index (κ3) is 3.69. The fourth-order valence-corrected chi connectivity index (χ4v) is 4.93. The molecule has 1 saturated heterocycles. The van der Waals surface area contributed by atoms with Gasteiger partial charge in [-0.1, -0.05) is 5.16 Å². The molecule has 28 heavy (non-hydrogen) atoms. The molecule has 1 aromatic heterocycles. The molecule has 10 heteroatoms. The standard InChI is InChI=1S/C18H23N3O6S/c1-12-17(13(2)27-19-12)28(23,24)21-7-5-20(6-8-21)18(22)14-9-15(25-3)11-16(10-14)26-4/h9-11H,5-8H2,1-4H3. The predicted octanol–water partition coefficient (Wildman–Crippen LogP) is 1.46. The number of amides is 1. The highest BCUT2D eigenvalue weighted by Gasteiger charge is 2.34. The molecule has 1 aromatic carbocycles. The Morgan fingerprint density at radius 1 is 1.04 bits per heavy atom. The molecule has 0 spiro atoms. The van der Waals surface area contributed by atoms with Crippen molar-refractivity contribution in [3.8, 4) is 11.5 Å². The van der Waals surface area contributed by atoms with Crippen LogP contribution in [0, 0.1) is 13.8 Å². The molecule has 0 unspecified atom stereocenters. The molecule has 2 aromatic rings. The first-order valence-corrected chi connectivity index (χ1v) is 10.2. The summed E-state index contributed by atoms with van der Waals surface area (Å²) in [5, 5.41) is 3.72. The van der Waals surface area contributed by atoms with Gasteiger partial charge >= 0.3 is 0 Å². The summed E-state index contributed by atoms with van der Waals surface area (Å²) in [5.74, 6) is 1.09. The number of piperazine rings is 1. The number of sulfonamides is 1. The fraction of sp³-hybridized carbons (Fsp3) is 0.444. The first-order valence-electron chi connectivity index (χ1n) is 8.73. The topological polar surface area (TPSA) is 102 Å². The van der Waals surface area contributed by atoms with Crippen LogP contribution in [0.4, 0.5) is 0 Å². The van der Waals surface area contributed by atoms with Crippen LogP contribution in [0.15, 0.2) is 27.6 Å². The lowest BCUT2D eigenvalue weighted by molar-refractivity contribution is 0.0697. The highest BCUT2D eigenvalue weighted by atomic mass is 32.2. The van der Waals surface area contributed by atoms with Crippen molar-refractivity contribution in [2.24, 2.45) is 0 Å². The first kappa shape index (κ1) is 20.2. The Morgan fingerprint density at radius 2 is 1.61 bits per heavy atom. The van der Waals surface area contributed by atoms with E-state index in [9.17, 15) is 13.2 Å². The van der Waals surface area contributed by atoms with Gasteiger partial charge in [0.25, 0.3) is 5.91 Å². The Kier molecular flexibility index (Phi) is 5.61. The van der Waals surface area contributed by atoms with Gasteiger partial charge in [0.2, 0.25) is 10.0 Å². The molecule has 9 nitrogen and oxygen atoms in total. The number of nitrogens with zero attached hydrogens (tertiary/aromatic N) is 3. The lowest BCUT2D eigenvalue weighted by Gasteiger charge is -2.34. The second-order valence-electron chi connectivity index (χ2n) is 6.45. The van der Waals surface area contributed by atoms with Crippen molar-refractivity contribution < 1.29 is 27.2 Å². The second-order valence-corrected chi connectivity index (χ2v) is 8.33. The normalized spacial score (nSPS) is 15.5. The van der Waals surface area contributed by atoms with E-state index >= 15 is 0 Å². The van der Waals surface area contributed by atoms with E-state index in [4.69, 9.17) is 14.0 Å². The van der Waals surface area contributed by atoms with Gasteiger partial charge in [0, 0.05) is 37.8 Å². The number of carbonyl (C=O) groups is 1. The van der Waals surface area contributed by atoms with E-state index in [0.717, 1.165) is 0 Å². The SMILES string of the molecule is COc1cc(OC)cc(C(=O)N2CCN(S(=O)(=O)c3c(C)noc3C)CC2)c1. The molecule has 1 aliphatic rings. The van der Waals surface area contributed by atoms with E-state index in [1.165, 1.54) is 18.5 Å². The van der Waals surface area contributed by atoms with Crippen LogP contribution in [-0.2, 0) is 10.0 Å². The summed E-state index contributed by atoms with van der Waals surface area (Å²) in [6.45, 7) is 4.11. The lowest BCUT2D eigenvalue weighted by atomic mass is 10.1. The Bertz CT molecular complexity index is 935. The minimum Gasteiger partial charge on any atom is -0.497 e. The average Bonchev–Trinajstić information content (AvgIpc) is 3.05. The fourth-order valence-electron chi connectivity index (χ4n) is 3.22. The third-order valence-electron chi connectivity index (χ3n) is 4.69. The minimum absolute atomic E-state index is 0.102. The van der Waals surface area contributed by atoms with Crippen LogP contribution in [-0.4, -0.2) is 69.1 Å². The average molecular weight is 409 g/mol. The number of rotatable bonds is 5. The van der Waals surface area contributed by atoms with Crippen molar-refractivity contribution >= 4 is 15.9 Å². The highest BCUT2D eigenvalue weighted by Crippen LogP contribution is 2.26. The molecular formula is C18H23N3O6S. The van der Waals surface area contributed by atoms with E-state index in [1.54, 1.807) is 36.9 Å². The maximum atomic E-state index is 12.9. The molecule has 0 saturated carbocycles. The quantitative estimate of drug-likeness (QED) is 0.736. The van der Waals surface area contributed by atoms with E-state index < -0.39 is 10.0 Å². The van der Waals surface area contributed by atoms with Crippen LogP contribution in [0.1, 0.15) is 21.8 Å². The summed E-state index contributed by atoms with van der Waals surface area (Å²) < 4.78 is 42.5. The Labute approximate surface area is 163 Å². The second kappa shape index (κ2) is 7.80. The monoisotopic (exact) mass is 409 g/mol. The summed E-state index contributed by atoms with van der Waals surface area (Å²) in [6, 6.07) is 4.96. The summed E-state index contributed by atoms with van der Waals surface area (Å²) in [5.41, 5.74) is 0.762. The number of aromatic nitrogens is 1. The van der Waals surface area contributed by atoms with Gasteiger partial charge in [-0.25, -0.2) is 8.42 Å². The summed E-state index contributed by atoms with van der Waals surface area (Å²) in [7, 11) is -0.686. The molecule has 1 aliphatic heterocycles. The molecule has 1 amide bonds. The smallest absolute Gasteiger partial charge is 0.254 e. The van der Waals surface area contributed by atoms with Gasteiger partial charge in [-0.3, -0.25) is 4.79 Å². The highest BCUT2D eigenvalue weighted by molar-refractivity contribution is 7.89. The molecule has 1 fully saturated rings. The zero-order valence-corrected chi connectivity index (χ0v) is 17.1. The van der Waals surface area contributed by atoms with Gasteiger partial charge in [-0.2, -0.15) is 4.31 Å². The van der Waals surface area contributed by atoms with Crippen molar-refractivity contribution in [2.45, 2.75) is 18.7 Å². The van der Waals surface area contributed by atoms with Crippen LogP contribution in [0.3, 0.4) is 0 Å². The van der Waals surface area contributed by atoms with E-state index in [2.05, 4.69) is 5.16 Å². The van der Waals surface area contributed by atoms with Crippen molar-refractivity contribution in [1.82, 2.24) is 14.4 Å². The summed E-state index contributed by atoms with van der Waals surface area (Å²) in [4.78, 5) is 14.6. The van der Waals surface area contributed by atoms with Gasteiger partial charge in [-0.15, -0.1) is 0 Å². The molecule has 3 rings (SSSR count). The number of ether oxygens (including phenoxy) is 2. The lowest BCUT2D eigenvalue weighted by Crippen LogP contribution is -2.50. The Morgan fingerprint density at radius 3 is 2.07 bits per heavy atom. The van der Waals surface area contributed by atoms with Crippen LogP contribution in [0.2, 0.25) is 0 Å². The van der Waals surface area contributed by atoms with Crippen molar-refractivity contribution in [1.29, 1.82) is 0 Å². The number of benzene rings is 1. The largest absolute Gasteiger partial charge is 0.497 e.